The Morgan fingerprint density at radius 3 is 2.58 bits per heavy atom. The minimum atomic E-state index is -0.804. The summed E-state index contributed by atoms with van der Waals surface area (Å²) in [4.78, 5) is 41.8. The molecule has 0 aliphatic heterocycles. The smallest absolute Gasteiger partial charge is 0.348 e. The van der Waals surface area contributed by atoms with Crippen LogP contribution in [-0.4, -0.2) is 34.2 Å². The molecule has 0 saturated heterocycles. The summed E-state index contributed by atoms with van der Waals surface area (Å²) >= 11 is 1.11. The van der Waals surface area contributed by atoms with Crippen LogP contribution in [0, 0.1) is 6.92 Å². The van der Waals surface area contributed by atoms with Crippen molar-refractivity contribution in [2.24, 2.45) is 0 Å². The first kappa shape index (κ1) is 18.1. The summed E-state index contributed by atoms with van der Waals surface area (Å²) in [5.74, 6) is -0.983. The molecule has 0 fully saturated rings. The number of rotatable bonds is 5. The van der Waals surface area contributed by atoms with E-state index in [4.69, 9.17) is 9.47 Å². The van der Waals surface area contributed by atoms with Gasteiger partial charge in [0.25, 0.3) is 5.56 Å². The van der Waals surface area contributed by atoms with Gasteiger partial charge >= 0.3 is 11.9 Å². The van der Waals surface area contributed by atoms with Gasteiger partial charge < -0.3 is 9.47 Å². The summed E-state index contributed by atoms with van der Waals surface area (Å²) in [5.41, 5.74) is 0.141. The number of ether oxygens (including phenoxy) is 2. The highest BCUT2D eigenvalue weighted by atomic mass is 32.1. The zero-order valence-corrected chi connectivity index (χ0v) is 15.1. The molecule has 0 unspecified atom stereocenters. The van der Waals surface area contributed by atoms with Crippen molar-refractivity contribution in [1.82, 2.24) is 9.55 Å². The lowest BCUT2D eigenvalue weighted by Gasteiger charge is -2.15. The number of aryl methyl sites for hydroxylation is 1. The topological polar surface area (TPSA) is 87.5 Å². The van der Waals surface area contributed by atoms with Gasteiger partial charge in [0.1, 0.15) is 15.7 Å². The van der Waals surface area contributed by atoms with Gasteiger partial charge in [0.2, 0.25) is 0 Å². The van der Waals surface area contributed by atoms with E-state index < -0.39 is 18.0 Å². The van der Waals surface area contributed by atoms with Gasteiger partial charge in [-0.15, -0.1) is 11.3 Å². The van der Waals surface area contributed by atoms with E-state index in [9.17, 15) is 14.4 Å². The van der Waals surface area contributed by atoms with E-state index in [0.29, 0.717) is 20.7 Å². The summed E-state index contributed by atoms with van der Waals surface area (Å²) < 4.78 is 11.4. The molecule has 0 spiro atoms. The van der Waals surface area contributed by atoms with Crippen molar-refractivity contribution in [1.29, 1.82) is 0 Å². The van der Waals surface area contributed by atoms with E-state index in [1.54, 1.807) is 34.6 Å². The monoisotopic (exact) mass is 352 g/mol. The van der Waals surface area contributed by atoms with E-state index in [0.717, 1.165) is 11.3 Å². The Hall–Kier alpha value is -2.22. The van der Waals surface area contributed by atoms with Crippen LogP contribution in [0.25, 0.3) is 10.2 Å². The summed E-state index contributed by atoms with van der Waals surface area (Å²) in [6, 6.07) is -0.804. The molecule has 0 aliphatic carbocycles. The average Bonchev–Trinajstić information content (AvgIpc) is 2.84. The standard InChI is InChI=1S/C16H20N2O5S/c1-6-22-16(21)12-9(4)11-13(24-12)17-7-18(14(11)19)10(5)15(20)23-8(2)3/h7-8,10H,6H2,1-5H3/t10-/m0/s1. The number of carbonyl (C=O) groups excluding carboxylic acids is 2. The molecule has 0 N–H and O–H groups in total. The van der Waals surface area contributed by atoms with Crippen molar-refractivity contribution in [3.63, 3.8) is 0 Å². The molecule has 8 heteroatoms. The number of esters is 2. The van der Waals surface area contributed by atoms with Crippen LogP contribution in [-0.2, 0) is 14.3 Å². The van der Waals surface area contributed by atoms with Crippen LogP contribution < -0.4 is 5.56 Å². The molecule has 2 aromatic heterocycles. The van der Waals surface area contributed by atoms with Gasteiger partial charge in [0.15, 0.2) is 0 Å². The quantitative estimate of drug-likeness (QED) is 0.768. The summed E-state index contributed by atoms with van der Waals surface area (Å²) in [7, 11) is 0. The number of fused-ring (bicyclic) bond motifs is 1. The third-order valence-electron chi connectivity index (χ3n) is 3.45. The Balaban J connectivity index is 2.51. The van der Waals surface area contributed by atoms with Crippen LogP contribution in [0.1, 0.15) is 49.0 Å². The highest BCUT2D eigenvalue weighted by Crippen LogP contribution is 2.27. The summed E-state index contributed by atoms with van der Waals surface area (Å²) in [5, 5.41) is 0.328. The van der Waals surface area contributed by atoms with Gasteiger partial charge in [-0.3, -0.25) is 9.36 Å². The van der Waals surface area contributed by atoms with Gasteiger partial charge in [-0.25, -0.2) is 14.6 Å². The number of nitrogens with zero attached hydrogens (tertiary/aromatic N) is 2. The van der Waals surface area contributed by atoms with Crippen molar-refractivity contribution in [2.75, 3.05) is 6.61 Å². The molecule has 0 radical (unpaired) electrons. The SMILES string of the molecule is CCOC(=O)c1sc2ncn([C@@H](C)C(=O)OC(C)C)c(=O)c2c1C. The molecular weight excluding hydrogens is 332 g/mol. The molecule has 0 amide bonds. The zero-order chi connectivity index (χ0) is 18.0. The van der Waals surface area contributed by atoms with E-state index in [1.165, 1.54) is 10.9 Å². The number of thiophene rings is 1. The van der Waals surface area contributed by atoms with Crippen LogP contribution in [0.3, 0.4) is 0 Å². The van der Waals surface area contributed by atoms with Crippen molar-refractivity contribution in [3.8, 4) is 0 Å². The maximum absolute atomic E-state index is 12.7. The molecule has 130 valence electrons. The molecule has 0 saturated carbocycles. The fraction of sp³-hybridized carbons (Fsp3) is 0.500. The molecule has 0 aliphatic rings. The van der Waals surface area contributed by atoms with Crippen LogP contribution >= 0.6 is 11.3 Å². The number of hydrogen-bond donors (Lipinski definition) is 0. The molecule has 1 atom stereocenters. The molecule has 2 heterocycles. The number of carbonyl (C=O) groups is 2. The average molecular weight is 352 g/mol. The lowest BCUT2D eigenvalue weighted by atomic mass is 10.2. The number of aromatic nitrogens is 2. The van der Waals surface area contributed by atoms with Gasteiger partial charge in [0.05, 0.1) is 24.4 Å². The second-order valence-electron chi connectivity index (χ2n) is 5.58. The minimum Gasteiger partial charge on any atom is -0.462 e. The molecule has 24 heavy (non-hydrogen) atoms. The maximum atomic E-state index is 12.7. The molecule has 0 bridgehead atoms. The first-order chi connectivity index (χ1) is 11.3. The highest BCUT2D eigenvalue weighted by Gasteiger charge is 2.24. The van der Waals surface area contributed by atoms with Crippen LogP contribution in [0.2, 0.25) is 0 Å². The van der Waals surface area contributed by atoms with E-state index in [-0.39, 0.29) is 18.3 Å². The summed E-state index contributed by atoms with van der Waals surface area (Å²) in [6.45, 7) is 8.70. The Labute approximate surface area is 143 Å². The van der Waals surface area contributed by atoms with Crippen LogP contribution in [0.5, 0.6) is 0 Å². The molecule has 7 nitrogen and oxygen atoms in total. The fourth-order valence-corrected chi connectivity index (χ4v) is 3.28. The van der Waals surface area contributed by atoms with E-state index in [2.05, 4.69) is 4.98 Å². The second kappa shape index (κ2) is 7.12. The van der Waals surface area contributed by atoms with Crippen molar-refractivity contribution in [3.05, 3.63) is 27.1 Å². The first-order valence-corrected chi connectivity index (χ1v) is 8.47. The predicted molar refractivity (Wildman–Crippen MR) is 90.5 cm³/mol. The summed E-state index contributed by atoms with van der Waals surface area (Å²) in [6.07, 6.45) is 1.03. The van der Waals surface area contributed by atoms with Gasteiger partial charge in [0, 0.05) is 0 Å². The Morgan fingerprint density at radius 1 is 1.33 bits per heavy atom. The van der Waals surface area contributed by atoms with Gasteiger partial charge in [-0.2, -0.15) is 0 Å². The Bertz CT molecular complexity index is 837. The predicted octanol–water partition coefficient (Wildman–Crippen LogP) is 2.46. The third-order valence-corrected chi connectivity index (χ3v) is 4.63. The molecule has 2 aromatic rings. The largest absolute Gasteiger partial charge is 0.462 e. The number of hydrogen-bond acceptors (Lipinski definition) is 7. The maximum Gasteiger partial charge on any atom is 0.348 e. The zero-order valence-electron chi connectivity index (χ0n) is 14.3. The lowest BCUT2D eigenvalue weighted by Crippen LogP contribution is -2.30. The minimum absolute atomic E-state index is 0.252. The van der Waals surface area contributed by atoms with Crippen molar-refractivity contribution >= 4 is 33.5 Å². The van der Waals surface area contributed by atoms with Gasteiger partial charge in [-0.1, -0.05) is 0 Å². The molecular formula is C16H20N2O5S. The highest BCUT2D eigenvalue weighted by molar-refractivity contribution is 7.20. The first-order valence-electron chi connectivity index (χ1n) is 7.65. The molecule has 0 aromatic carbocycles. The van der Waals surface area contributed by atoms with Crippen molar-refractivity contribution in [2.45, 2.75) is 46.8 Å². The molecule has 2 rings (SSSR count). The van der Waals surface area contributed by atoms with E-state index >= 15 is 0 Å². The lowest BCUT2D eigenvalue weighted by molar-refractivity contribution is -0.151. The van der Waals surface area contributed by atoms with Gasteiger partial charge in [-0.05, 0) is 40.2 Å². The van der Waals surface area contributed by atoms with Crippen LogP contribution in [0.4, 0.5) is 0 Å². The van der Waals surface area contributed by atoms with E-state index in [1.807, 2.05) is 0 Å². The second-order valence-corrected chi connectivity index (χ2v) is 6.57. The van der Waals surface area contributed by atoms with Crippen molar-refractivity contribution < 1.29 is 19.1 Å². The Morgan fingerprint density at radius 2 is 2.00 bits per heavy atom. The third kappa shape index (κ3) is 3.33. The Kier molecular flexibility index (Phi) is 5.38. The normalized spacial score (nSPS) is 12.4. The fourth-order valence-electron chi connectivity index (χ4n) is 2.25. The van der Waals surface area contributed by atoms with Crippen LogP contribution in [0.15, 0.2) is 11.1 Å².